The SMILES string of the molecule is Cn1nc(-c2cnc3c(n2)c(C(=O)O)cn3COCC[Si](C)(C)C)c2cc(C(C)(C)O[SiH2]C(C)(C)C)ccc21. The number of benzene rings is 1. The van der Waals surface area contributed by atoms with E-state index in [2.05, 4.69) is 71.4 Å². The molecule has 0 bridgehead atoms. The van der Waals surface area contributed by atoms with Gasteiger partial charge in [-0.3, -0.25) is 4.68 Å². The van der Waals surface area contributed by atoms with Crippen LogP contribution in [-0.4, -0.2) is 59.8 Å². The van der Waals surface area contributed by atoms with E-state index >= 15 is 0 Å². The molecule has 0 saturated carbocycles. The monoisotopic (exact) mass is 567 g/mol. The fourth-order valence-electron chi connectivity index (χ4n) is 4.27. The van der Waals surface area contributed by atoms with Gasteiger partial charge in [-0.25, -0.2) is 14.8 Å². The maximum Gasteiger partial charge on any atom is 0.339 e. The predicted octanol–water partition coefficient (Wildman–Crippen LogP) is 5.55. The summed E-state index contributed by atoms with van der Waals surface area (Å²) >= 11 is 0. The number of nitrogens with zero attached hydrogens (tertiary/aromatic N) is 5. The minimum absolute atomic E-state index is 0.0933. The van der Waals surface area contributed by atoms with E-state index in [1.165, 1.54) is 0 Å². The van der Waals surface area contributed by atoms with Gasteiger partial charge in [0.15, 0.2) is 15.4 Å². The molecule has 0 aliphatic heterocycles. The summed E-state index contributed by atoms with van der Waals surface area (Å²) in [4.78, 5) is 21.5. The second-order valence-electron chi connectivity index (χ2n) is 13.2. The molecule has 4 rings (SSSR count). The summed E-state index contributed by atoms with van der Waals surface area (Å²) in [6.45, 7) is 18.6. The summed E-state index contributed by atoms with van der Waals surface area (Å²) in [7, 11) is -0.0998. The van der Waals surface area contributed by atoms with Crippen LogP contribution in [0.1, 0.15) is 50.5 Å². The van der Waals surface area contributed by atoms with Gasteiger partial charge >= 0.3 is 5.97 Å². The Labute approximate surface area is 233 Å². The molecule has 0 unspecified atom stereocenters. The molecule has 4 aromatic rings. The summed E-state index contributed by atoms with van der Waals surface area (Å²) in [5, 5.41) is 15.7. The van der Waals surface area contributed by atoms with Crippen LogP contribution in [0.5, 0.6) is 0 Å². The Morgan fingerprint density at radius 2 is 1.87 bits per heavy atom. The van der Waals surface area contributed by atoms with Gasteiger partial charge in [0.25, 0.3) is 0 Å². The molecule has 0 radical (unpaired) electrons. The first-order chi connectivity index (χ1) is 18.1. The smallest absolute Gasteiger partial charge is 0.339 e. The van der Waals surface area contributed by atoms with E-state index in [4.69, 9.17) is 19.2 Å². The molecule has 0 spiro atoms. The van der Waals surface area contributed by atoms with Crippen molar-refractivity contribution in [2.45, 2.75) is 77.7 Å². The molecule has 3 heterocycles. The van der Waals surface area contributed by atoms with E-state index in [0.29, 0.717) is 29.2 Å². The first-order valence-electron chi connectivity index (χ1n) is 13.3. The van der Waals surface area contributed by atoms with E-state index in [-0.39, 0.29) is 17.3 Å². The minimum atomic E-state index is -1.23. The van der Waals surface area contributed by atoms with Crippen LogP contribution in [0.4, 0.5) is 0 Å². The average molecular weight is 568 g/mol. The molecule has 210 valence electrons. The topological polar surface area (TPSA) is 104 Å². The molecule has 0 fully saturated rings. The molecule has 0 amide bonds. The van der Waals surface area contributed by atoms with Crippen molar-refractivity contribution in [2.75, 3.05) is 6.61 Å². The molecule has 0 aliphatic carbocycles. The van der Waals surface area contributed by atoms with E-state index < -0.39 is 29.4 Å². The third kappa shape index (κ3) is 6.65. The lowest BCUT2D eigenvalue weighted by atomic mass is 9.96. The third-order valence-corrected chi connectivity index (χ3v) is 10.1. The van der Waals surface area contributed by atoms with Crippen molar-refractivity contribution in [3.05, 3.63) is 41.7 Å². The maximum absolute atomic E-state index is 12.1. The van der Waals surface area contributed by atoms with Crippen molar-refractivity contribution in [3.63, 3.8) is 0 Å². The van der Waals surface area contributed by atoms with Crippen LogP contribution in [-0.2, 0) is 28.5 Å². The number of aromatic carboxylic acids is 1. The number of carboxylic acid groups (broad SMARTS) is 1. The van der Waals surface area contributed by atoms with Gasteiger partial charge in [0.05, 0.1) is 17.3 Å². The first-order valence-corrected chi connectivity index (χ1v) is 18.3. The zero-order valence-corrected chi connectivity index (χ0v) is 27.0. The molecule has 0 saturated heterocycles. The molecule has 1 N–H and O–H groups in total. The molecule has 3 aromatic heterocycles. The van der Waals surface area contributed by atoms with Crippen LogP contribution in [0, 0.1) is 0 Å². The molecule has 1 aromatic carbocycles. The van der Waals surface area contributed by atoms with E-state index in [1.807, 2.05) is 17.8 Å². The molecular formula is C28H41N5O4Si2. The normalized spacial score (nSPS) is 13.4. The number of ether oxygens (including phenoxy) is 1. The lowest BCUT2D eigenvalue weighted by Gasteiger charge is -2.30. The molecule has 0 atom stereocenters. The second kappa shape index (κ2) is 10.6. The Hall–Kier alpha value is -2.87. The van der Waals surface area contributed by atoms with E-state index in [0.717, 1.165) is 22.5 Å². The number of hydrogen-bond donors (Lipinski definition) is 1. The Bertz CT molecular complexity index is 1510. The van der Waals surface area contributed by atoms with Crippen LogP contribution >= 0.6 is 0 Å². The Balaban J connectivity index is 1.72. The van der Waals surface area contributed by atoms with Gasteiger partial charge in [0.2, 0.25) is 0 Å². The lowest BCUT2D eigenvalue weighted by molar-refractivity contribution is 0.0696. The minimum Gasteiger partial charge on any atom is -0.478 e. The van der Waals surface area contributed by atoms with Gasteiger partial charge in [0, 0.05) is 33.3 Å². The van der Waals surface area contributed by atoms with E-state index in [9.17, 15) is 9.90 Å². The fraction of sp³-hybridized carbons (Fsp3) is 0.500. The van der Waals surface area contributed by atoms with Crippen molar-refractivity contribution in [3.8, 4) is 11.4 Å². The largest absolute Gasteiger partial charge is 0.478 e. The number of hydrogen-bond acceptors (Lipinski definition) is 6. The van der Waals surface area contributed by atoms with Crippen LogP contribution in [0.25, 0.3) is 33.5 Å². The van der Waals surface area contributed by atoms with Gasteiger partial charge < -0.3 is 18.8 Å². The quantitative estimate of drug-likeness (QED) is 0.198. The van der Waals surface area contributed by atoms with Crippen molar-refractivity contribution in [1.29, 1.82) is 0 Å². The lowest BCUT2D eigenvalue weighted by Crippen LogP contribution is -2.27. The summed E-state index contributed by atoms with van der Waals surface area (Å²) in [5.41, 5.74) is 3.64. The number of fused-ring (bicyclic) bond motifs is 2. The first kappa shape index (κ1) is 29.1. The van der Waals surface area contributed by atoms with Crippen LogP contribution < -0.4 is 0 Å². The Morgan fingerprint density at radius 1 is 1.15 bits per heavy atom. The van der Waals surface area contributed by atoms with Crippen molar-refractivity contribution >= 4 is 45.9 Å². The summed E-state index contributed by atoms with van der Waals surface area (Å²) < 4.78 is 15.8. The number of rotatable bonds is 10. The Morgan fingerprint density at radius 3 is 2.51 bits per heavy atom. The van der Waals surface area contributed by atoms with Crippen molar-refractivity contribution in [2.24, 2.45) is 7.05 Å². The van der Waals surface area contributed by atoms with Crippen LogP contribution in [0.3, 0.4) is 0 Å². The standard InChI is InChI=1S/C28H41N5O4Si2/c1-27(2,3)38-37-28(4,5)18-10-11-22-19(14-18)23(31-32(22)6)21-15-29-25-24(30-21)20(26(34)35)16-33(25)17-36-12-13-39(7,8)9/h10-11,14-16H,12-13,17,38H2,1-9H3,(H,34,35). The Kier molecular flexibility index (Phi) is 7.92. The highest BCUT2D eigenvalue weighted by molar-refractivity contribution is 6.76. The van der Waals surface area contributed by atoms with Crippen LogP contribution in [0.15, 0.2) is 30.6 Å². The molecule has 0 aliphatic rings. The molecular weight excluding hydrogens is 527 g/mol. The van der Waals surface area contributed by atoms with Gasteiger partial charge in [-0.15, -0.1) is 0 Å². The summed E-state index contributed by atoms with van der Waals surface area (Å²) in [6, 6.07) is 7.28. The van der Waals surface area contributed by atoms with Gasteiger partial charge in [-0.1, -0.05) is 46.5 Å². The number of aromatic nitrogens is 5. The summed E-state index contributed by atoms with van der Waals surface area (Å²) in [6.07, 6.45) is 3.22. The third-order valence-electron chi connectivity index (χ3n) is 6.68. The van der Waals surface area contributed by atoms with Gasteiger partial charge in [-0.05, 0) is 42.6 Å². The predicted molar refractivity (Wildman–Crippen MR) is 161 cm³/mol. The van der Waals surface area contributed by atoms with Crippen molar-refractivity contribution < 1.29 is 19.1 Å². The molecule has 11 heteroatoms. The average Bonchev–Trinajstić information content (AvgIpc) is 3.37. The number of carbonyl (C=O) groups is 1. The maximum atomic E-state index is 12.1. The highest BCUT2D eigenvalue weighted by atomic mass is 28.3. The number of carboxylic acids is 1. The van der Waals surface area contributed by atoms with Gasteiger partial charge in [-0.2, -0.15) is 5.10 Å². The van der Waals surface area contributed by atoms with Crippen LogP contribution in [0.2, 0.25) is 30.7 Å². The zero-order valence-electron chi connectivity index (χ0n) is 24.6. The molecule has 9 nitrogen and oxygen atoms in total. The second-order valence-corrected chi connectivity index (χ2v) is 21.5. The summed E-state index contributed by atoms with van der Waals surface area (Å²) in [5.74, 6) is -1.05. The zero-order chi connectivity index (χ0) is 28.8. The molecule has 39 heavy (non-hydrogen) atoms. The fourth-order valence-corrected chi connectivity index (χ4v) is 5.99. The highest BCUT2D eigenvalue weighted by Crippen LogP contribution is 2.34. The van der Waals surface area contributed by atoms with Crippen molar-refractivity contribution in [1.82, 2.24) is 24.3 Å². The highest BCUT2D eigenvalue weighted by Gasteiger charge is 2.26. The van der Waals surface area contributed by atoms with E-state index in [1.54, 1.807) is 17.0 Å². The van der Waals surface area contributed by atoms with Gasteiger partial charge in [0.1, 0.15) is 29.2 Å². The number of aryl methyl sites for hydroxylation is 1.